The summed E-state index contributed by atoms with van der Waals surface area (Å²) in [7, 11) is 0. The number of rotatable bonds is 5. The molecule has 2 heterocycles. The van der Waals surface area contributed by atoms with Crippen LogP contribution < -0.4 is 10.6 Å². The molecule has 1 saturated carbocycles. The quantitative estimate of drug-likeness (QED) is 0.556. The van der Waals surface area contributed by atoms with Crippen LogP contribution in [0.15, 0.2) is 36.8 Å². The lowest BCUT2D eigenvalue weighted by Crippen LogP contribution is -2.39. The summed E-state index contributed by atoms with van der Waals surface area (Å²) < 4.78 is 0. The summed E-state index contributed by atoms with van der Waals surface area (Å²) in [4.78, 5) is 36.1. The number of ketones is 1. The molecule has 1 amide bonds. The van der Waals surface area contributed by atoms with Crippen molar-refractivity contribution in [2.24, 2.45) is 0 Å². The van der Waals surface area contributed by atoms with E-state index in [9.17, 15) is 9.59 Å². The second-order valence-corrected chi connectivity index (χ2v) is 7.76. The summed E-state index contributed by atoms with van der Waals surface area (Å²) in [5, 5.41) is 7.54. The Morgan fingerprint density at radius 3 is 2.52 bits per heavy atom. The molecule has 0 radical (unpaired) electrons. The van der Waals surface area contributed by atoms with Gasteiger partial charge in [-0.25, -0.2) is 9.97 Å². The first-order valence-corrected chi connectivity index (χ1v) is 10.1. The van der Waals surface area contributed by atoms with Crippen LogP contribution in [-0.4, -0.2) is 38.7 Å². The van der Waals surface area contributed by atoms with Gasteiger partial charge in [-0.2, -0.15) is 0 Å². The van der Waals surface area contributed by atoms with Crippen molar-refractivity contribution in [3.8, 4) is 0 Å². The number of halogens is 1. The molecule has 150 valence electrons. The van der Waals surface area contributed by atoms with Gasteiger partial charge in [-0.05, 0) is 37.8 Å². The molecule has 0 unspecified atom stereocenters. The standard InChI is InChI=1S/C21H22ClN5O2/c1-12(28)26-13-6-8-14(9-7-13)27-21-18-16(10-23-20(18)24-11-25-21)19(29)15-4-2-3-5-17(15)22/h2-5,10-11,13-14H,6-9H2,1H3,(H,26,28)(H2,23,24,25,27)/t13-,14+. The van der Waals surface area contributed by atoms with E-state index in [0.717, 1.165) is 25.7 Å². The molecule has 2 aromatic heterocycles. The molecular formula is C21H22ClN5O2. The summed E-state index contributed by atoms with van der Waals surface area (Å²) >= 11 is 6.22. The predicted octanol–water partition coefficient (Wildman–Crippen LogP) is 3.70. The largest absolute Gasteiger partial charge is 0.367 e. The number of amides is 1. The monoisotopic (exact) mass is 411 g/mol. The summed E-state index contributed by atoms with van der Waals surface area (Å²) in [6.45, 7) is 1.55. The average molecular weight is 412 g/mol. The van der Waals surface area contributed by atoms with E-state index in [1.54, 1.807) is 37.4 Å². The normalized spacial score (nSPS) is 19.1. The van der Waals surface area contributed by atoms with Gasteiger partial charge in [-0.15, -0.1) is 0 Å². The van der Waals surface area contributed by atoms with Gasteiger partial charge in [0.1, 0.15) is 17.8 Å². The van der Waals surface area contributed by atoms with Crippen molar-refractivity contribution in [2.75, 3.05) is 5.32 Å². The SMILES string of the molecule is CC(=O)N[C@H]1CC[C@@H](Nc2ncnc3[nH]cc(C(=O)c4ccccc4Cl)c23)CC1. The molecule has 0 bridgehead atoms. The zero-order valence-electron chi connectivity index (χ0n) is 16.0. The maximum atomic E-state index is 13.1. The molecule has 1 aliphatic carbocycles. The Kier molecular flexibility index (Phi) is 5.49. The van der Waals surface area contributed by atoms with Gasteiger partial charge >= 0.3 is 0 Å². The molecule has 1 aromatic carbocycles. The summed E-state index contributed by atoms with van der Waals surface area (Å²) in [5.74, 6) is 0.470. The van der Waals surface area contributed by atoms with Crippen molar-refractivity contribution in [3.05, 3.63) is 52.9 Å². The van der Waals surface area contributed by atoms with Crippen LogP contribution in [-0.2, 0) is 4.79 Å². The molecular weight excluding hydrogens is 390 g/mol. The Bertz CT molecular complexity index is 1060. The molecule has 7 nitrogen and oxygen atoms in total. The van der Waals surface area contributed by atoms with Gasteiger partial charge < -0.3 is 15.6 Å². The fourth-order valence-corrected chi connectivity index (χ4v) is 4.13. The third kappa shape index (κ3) is 4.10. The summed E-state index contributed by atoms with van der Waals surface area (Å²) in [5.41, 5.74) is 1.54. The maximum absolute atomic E-state index is 13.1. The van der Waals surface area contributed by atoms with Crippen LogP contribution in [0.25, 0.3) is 11.0 Å². The minimum absolute atomic E-state index is 0.00830. The molecule has 1 aliphatic rings. The lowest BCUT2D eigenvalue weighted by molar-refractivity contribution is -0.119. The second-order valence-electron chi connectivity index (χ2n) is 7.35. The van der Waals surface area contributed by atoms with Crippen molar-refractivity contribution in [3.63, 3.8) is 0 Å². The smallest absolute Gasteiger partial charge is 0.217 e. The Morgan fingerprint density at radius 1 is 1.07 bits per heavy atom. The highest BCUT2D eigenvalue weighted by Gasteiger charge is 2.24. The number of hydrogen-bond donors (Lipinski definition) is 3. The number of hydrogen-bond acceptors (Lipinski definition) is 5. The topological polar surface area (TPSA) is 99.8 Å². The lowest BCUT2D eigenvalue weighted by Gasteiger charge is -2.29. The molecule has 3 aromatic rings. The number of aromatic nitrogens is 3. The van der Waals surface area contributed by atoms with Crippen molar-refractivity contribution < 1.29 is 9.59 Å². The molecule has 0 atom stereocenters. The van der Waals surface area contributed by atoms with Gasteiger partial charge in [-0.3, -0.25) is 9.59 Å². The fourth-order valence-electron chi connectivity index (χ4n) is 3.90. The first kappa shape index (κ1) is 19.4. The molecule has 3 N–H and O–H groups in total. The zero-order chi connectivity index (χ0) is 20.4. The van der Waals surface area contributed by atoms with Crippen LogP contribution >= 0.6 is 11.6 Å². The van der Waals surface area contributed by atoms with E-state index in [4.69, 9.17) is 11.6 Å². The van der Waals surface area contributed by atoms with Crippen LogP contribution in [0.5, 0.6) is 0 Å². The van der Waals surface area contributed by atoms with Crippen LogP contribution in [0.3, 0.4) is 0 Å². The van der Waals surface area contributed by atoms with Gasteiger partial charge in [0, 0.05) is 30.8 Å². The van der Waals surface area contributed by atoms with E-state index in [-0.39, 0.29) is 23.8 Å². The Labute approximate surface area is 173 Å². The Hall–Kier alpha value is -2.93. The van der Waals surface area contributed by atoms with Crippen LogP contribution in [0.2, 0.25) is 5.02 Å². The maximum Gasteiger partial charge on any atom is 0.217 e. The third-order valence-corrected chi connectivity index (χ3v) is 5.64. The Morgan fingerprint density at radius 2 is 1.79 bits per heavy atom. The molecule has 0 saturated heterocycles. The highest BCUT2D eigenvalue weighted by molar-refractivity contribution is 6.35. The van der Waals surface area contributed by atoms with Gasteiger partial charge in [0.25, 0.3) is 0 Å². The van der Waals surface area contributed by atoms with E-state index in [2.05, 4.69) is 25.6 Å². The second kappa shape index (κ2) is 8.21. The van der Waals surface area contributed by atoms with Crippen molar-refractivity contribution in [1.82, 2.24) is 20.3 Å². The Balaban J connectivity index is 1.58. The number of nitrogens with zero attached hydrogens (tertiary/aromatic N) is 2. The van der Waals surface area contributed by atoms with Crippen molar-refractivity contribution >= 4 is 40.1 Å². The van der Waals surface area contributed by atoms with Gasteiger partial charge in [0.05, 0.1) is 16.0 Å². The number of aromatic amines is 1. The fraction of sp³-hybridized carbons (Fsp3) is 0.333. The minimum Gasteiger partial charge on any atom is -0.367 e. The highest BCUT2D eigenvalue weighted by Crippen LogP contribution is 2.30. The van der Waals surface area contributed by atoms with Crippen molar-refractivity contribution in [1.29, 1.82) is 0 Å². The number of nitrogens with one attached hydrogen (secondary N) is 3. The molecule has 0 aliphatic heterocycles. The molecule has 0 spiro atoms. The van der Waals surface area contributed by atoms with E-state index in [0.29, 0.717) is 33.0 Å². The van der Waals surface area contributed by atoms with Gasteiger partial charge in [-0.1, -0.05) is 23.7 Å². The minimum atomic E-state index is -0.172. The summed E-state index contributed by atoms with van der Waals surface area (Å²) in [6, 6.07) is 7.44. The summed E-state index contributed by atoms with van der Waals surface area (Å²) in [6.07, 6.45) is 6.77. The van der Waals surface area contributed by atoms with E-state index >= 15 is 0 Å². The first-order valence-electron chi connectivity index (χ1n) is 9.68. The molecule has 4 rings (SSSR count). The number of H-pyrrole nitrogens is 1. The number of anilines is 1. The molecule has 1 fully saturated rings. The number of carbonyl (C=O) groups excluding carboxylic acids is 2. The van der Waals surface area contributed by atoms with Gasteiger partial charge in [0.2, 0.25) is 5.91 Å². The number of benzene rings is 1. The van der Waals surface area contributed by atoms with Crippen molar-refractivity contribution in [2.45, 2.75) is 44.7 Å². The van der Waals surface area contributed by atoms with Crippen LogP contribution in [0.1, 0.15) is 48.5 Å². The number of fused-ring (bicyclic) bond motifs is 1. The van der Waals surface area contributed by atoms with E-state index in [1.807, 2.05) is 0 Å². The van der Waals surface area contributed by atoms with Crippen LogP contribution in [0.4, 0.5) is 5.82 Å². The number of carbonyl (C=O) groups is 2. The highest BCUT2D eigenvalue weighted by atomic mass is 35.5. The first-order chi connectivity index (χ1) is 14.0. The third-order valence-electron chi connectivity index (χ3n) is 5.31. The van der Waals surface area contributed by atoms with E-state index < -0.39 is 0 Å². The molecule has 29 heavy (non-hydrogen) atoms. The van der Waals surface area contributed by atoms with Gasteiger partial charge in [0.15, 0.2) is 5.78 Å². The predicted molar refractivity (Wildman–Crippen MR) is 112 cm³/mol. The van der Waals surface area contributed by atoms with Crippen LogP contribution in [0, 0.1) is 0 Å². The lowest BCUT2D eigenvalue weighted by atomic mass is 9.91. The molecule has 8 heteroatoms. The average Bonchev–Trinajstić information content (AvgIpc) is 3.14. The zero-order valence-corrected chi connectivity index (χ0v) is 16.8. The van der Waals surface area contributed by atoms with E-state index in [1.165, 1.54) is 6.33 Å².